The molecule has 0 spiro atoms. The van der Waals surface area contributed by atoms with Gasteiger partial charge < -0.3 is 15.0 Å². The van der Waals surface area contributed by atoms with Crippen LogP contribution >= 0.6 is 15.9 Å². The predicted octanol–water partition coefficient (Wildman–Crippen LogP) is 4.75. The summed E-state index contributed by atoms with van der Waals surface area (Å²) in [6, 6.07) is 10.9. The third kappa shape index (κ3) is 6.53. The molecule has 5 nitrogen and oxygen atoms in total. The molecule has 3 rings (SSSR count). The van der Waals surface area contributed by atoms with E-state index >= 15 is 0 Å². The molecule has 7 heteroatoms. The van der Waals surface area contributed by atoms with Crippen molar-refractivity contribution in [1.29, 1.82) is 0 Å². The summed E-state index contributed by atoms with van der Waals surface area (Å²) in [7, 11) is 0. The molecular formula is C24H28BrFN2O3. The van der Waals surface area contributed by atoms with Crippen LogP contribution in [0.5, 0.6) is 5.75 Å². The van der Waals surface area contributed by atoms with Gasteiger partial charge in [-0.15, -0.1) is 0 Å². The van der Waals surface area contributed by atoms with E-state index in [1.165, 1.54) is 17.0 Å². The van der Waals surface area contributed by atoms with Crippen LogP contribution < -0.4 is 10.1 Å². The topological polar surface area (TPSA) is 58.6 Å². The normalized spacial score (nSPS) is 14.8. The zero-order valence-corrected chi connectivity index (χ0v) is 19.5. The molecule has 0 heterocycles. The number of benzene rings is 2. The molecule has 1 aliphatic rings. The molecule has 2 aromatic carbocycles. The van der Waals surface area contributed by atoms with Gasteiger partial charge in [-0.05, 0) is 68.1 Å². The minimum Gasteiger partial charge on any atom is -0.484 e. The van der Waals surface area contributed by atoms with Crippen molar-refractivity contribution in [2.24, 2.45) is 0 Å². The van der Waals surface area contributed by atoms with E-state index < -0.39 is 6.04 Å². The van der Waals surface area contributed by atoms with Gasteiger partial charge >= 0.3 is 0 Å². The van der Waals surface area contributed by atoms with Gasteiger partial charge in [-0.3, -0.25) is 9.59 Å². The van der Waals surface area contributed by atoms with Crippen LogP contribution in [0.2, 0.25) is 0 Å². The first-order chi connectivity index (χ1) is 14.8. The third-order valence-electron chi connectivity index (χ3n) is 5.63. The molecule has 0 bridgehead atoms. The summed E-state index contributed by atoms with van der Waals surface area (Å²) in [4.78, 5) is 27.4. The van der Waals surface area contributed by atoms with Crippen LogP contribution in [0.3, 0.4) is 0 Å². The summed E-state index contributed by atoms with van der Waals surface area (Å²) in [5.74, 6) is -0.248. The number of carbonyl (C=O) groups excluding carboxylic acids is 2. The van der Waals surface area contributed by atoms with Gasteiger partial charge in [-0.25, -0.2) is 4.39 Å². The number of aryl methyl sites for hydroxylation is 1. The first kappa shape index (κ1) is 23.3. The molecule has 31 heavy (non-hydrogen) atoms. The number of halogens is 2. The van der Waals surface area contributed by atoms with Crippen molar-refractivity contribution in [3.63, 3.8) is 0 Å². The number of hydrogen-bond donors (Lipinski definition) is 1. The van der Waals surface area contributed by atoms with Crippen LogP contribution in [-0.2, 0) is 16.1 Å². The highest BCUT2D eigenvalue weighted by Crippen LogP contribution is 2.22. The molecule has 2 aromatic rings. The lowest BCUT2D eigenvalue weighted by molar-refractivity contribution is -0.142. The molecule has 1 aliphatic carbocycles. The minimum absolute atomic E-state index is 0.166. The number of nitrogens with zero attached hydrogens (tertiary/aromatic N) is 1. The number of amides is 2. The Morgan fingerprint density at radius 2 is 1.87 bits per heavy atom. The molecule has 166 valence electrons. The number of ether oxygens (including phenoxy) is 1. The van der Waals surface area contributed by atoms with Crippen LogP contribution in [0.15, 0.2) is 46.9 Å². The fourth-order valence-electron chi connectivity index (χ4n) is 3.70. The molecule has 0 radical (unpaired) electrons. The van der Waals surface area contributed by atoms with Gasteiger partial charge in [0.05, 0.1) is 0 Å². The second-order valence-corrected chi connectivity index (χ2v) is 8.87. The van der Waals surface area contributed by atoms with Gasteiger partial charge in [0, 0.05) is 17.1 Å². The minimum atomic E-state index is -0.673. The van der Waals surface area contributed by atoms with Gasteiger partial charge in [-0.1, -0.05) is 40.9 Å². The lowest BCUT2D eigenvalue weighted by Crippen LogP contribution is -2.50. The lowest BCUT2D eigenvalue weighted by Gasteiger charge is -2.29. The van der Waals surface area contributed by atoms with Gasteiger partial charge in [0.2, 0.25) is 5.91 Å². The van der Waals surface area contributed by atoms with E-state index in [1.54, 1.807) is 25.1 Å². The Balaban J connectivity index is 1.71. The average Bonchev–Trinajstić information content (AvgIpc) is 3.26. The molecule has 0 saturated heterocycles. The summed E-state index contributed by atoms with van der Waals surface area (Å²) in [6.07, 6.45) is 4.16. The largest absolute Gasteiger partial charge is 0.484 e. The Bertz CT molecular complexity index is 914. The second-order valence-electron chi connectivity index (χ2n) is 8.01. The van der Waals surface area contributed by atoms with Crippen molar-refractivity contribution < 1.29 is 18.7 Å². The Hall–Kier alpha value is -2.41. The first-order valence-corrected chi connectivity index (χ1v) is 11.4. The third-order valence-corrected chi connectivity index (χ3v) is 6.52. The van der Waals surface area contributed by atoms with Crippen molar-refractivity contribution in [2.75, 3.05) is 6.61 Å². The first-order valence-electron chi connectivity index (χ1n) is 10.6. The van der Waals surface area contributed by atoms with Crippen LogP contribution in [-0.4, -0.2) is 35.4 Å². The van der Waals surface area contributed by atoms with E-state index in [4.69, 9.17) is 4.74 Å². The van der Waals surface area contributed by atoms with Crippen molar-refractivity contribution >= 4 is 27.7 Å². The van der Waals surface area contributed by atoms with E-state index in [-0.39, 0.29) is 36.8 Å². The van der Waals surface area contributed by atoms with Crippen LogP contribution in [0.4, 0.5) is 4.39 Å². The Labute approximate surface area is 191 Å². The van der Waals surface area contributed by atoms with E-state index in [2.05, 4.69) is 21.2 Å². The SMILES string of the molecule is Cc1cc(OCC(=O)N(Cc2ccc(F)cc2)C(C)C(=O)NC2CCCC2)ccc1Br. The van der Waals surface area contributed by atoms with Gasteiger partial charge in [0.1, 0.15) is 17.6 Å². The summed E-state index contributed by atoms with van der Waals surface area (Å²) in [6.45, 7) is 3.66. The van der Waals surface area contributed by atoms with E-state index in [1.807, 2.05) is 19.1 Å². The molecule has 1 atom stereocenters. The Morgan fingerprint density at radius 1 is 1.19 bits per heavy atom. The smallest absolute Gasteiger partial charge is 0.261 e. The Morgan fingerprint density at radius 3 is 2.52 bits per heavy atom. The molecule has 1 unspecified atom stereocenters. The Kier molecular flexibility index (Phi) is 8.07. The van der Waals surface area contributed by atoms with Crippen LogP contribution in [0.25, 0.3) is 0 Å². The quantitative estimate of drug-likeness (QED) is 0.580. The van der Waals surface area contributed by atoms with E-state index in [0.29, 0.717) is 5.75 Å². The number of nitrogens with one attached hydrogen (secondary N) is 1. The van der Waals surface area contributed by atoms with Crippen molar-refractivity contribution in [3.05, 3.63) is 63.9 Å². The summed E-state index contributed by atoms with van der Waals surface area (Å²) < 4.78 is 20.0. The van der Waals surface area contributed by atoms with Crippen molar-refractivity contribution in [1.82, 2.24) is 10.2 Å². The molecule has 0 aliphatic heterocycles. The van der Waals surface area contributed by atoms with Crippen molar-refractivity contribution in [2.45, 2.75) is 58.2 Å². The van der Waals surface area contributed by atoms with E-state index in [0.717, 1.165) is 41.3 Å². The van der Waals surface area contributed by atoms with Gasteiger partial charge in [0.15, 0.2) is 6.61 Å². The van der Waals surface area contributed by atoms with Gasteiger partial charge in [0.25, 0.3) is 5.91 Å². The fraction of sp³-hybridized carbons (Fsp3) is 0.417. The predicted molar refractivity (Wildman–Crippen MR) is 121 cm³/mol. The second kappa shape index (κ2) is 10.8. The molecule has 0 aromatic heterocycles. The maximum Gasteiger partial charge on any atom is 0.261 e. The number of hydrogen-bond acceptors (Lipinski definition) is 3. The monoisotopic (exact) mass is 490 g/mol. The van der Waals surface area contributed by atoms with Crippen LogP contribution in [0.1, 0.15) is 43.7 Å². The fourth-order valence-corrected chi connectivity index (χ4v) is 3.94. The lowest BCUT2D eigenvalue weighted by atomic mass is 10.1. The zero-order valence-electron chi connectivity index (χ0n) is 17.9. The molecule has 1 N–H and O–H groups in total. The standard InChI is InChI=1S/C24H28BrFN2O3/c1-16-13-21(11-12-22(16)25)31-15-23(29)28(14-18-7-9-19(26)10-8-18)17(2)24(30)27-20-5-3-4-6-20/h7-13,17,20H,3-6,14-15H2,1-2H3,(H,27,30). The van der Waals surface area contributed by atoms with Gasteiger partial charge in [-0.2, -0.15) is 0 Å². The van der Waals surface area contributed by atoms with Crippen molar-refractivity contribution in [3.8, 4) is 5.75 Å². The highest BCUT2D eigenvalue weighted by atomic mass is 79.9. The van der Waals surface area contributed by atoms with E-state index in [9.17, 15) is 14.0 Å². The zero-order chi connectivity index (χ0) is 22.4. The highest BCUT2D eigenvalue weighted by Gasteiger charge is 2.28. The molecule has 1 fully saturated rings. The maximum absolute atomic E-state index is 13.3. The number of carbonyl (C=O) groups is 2. The summed E-state index contributed by atoms with van der Waals surface area (Å²) in [5.41, 5.74) is 1.74. The van der Waals surface area contributed by atoms with Crippen LogP contribution in [0, 0.1) is 12.7 Å². The molecule has 1 saturated carbocycles. The summed E-state index contributed by atoms with van der Waals surface area (Å²) in [5, 5.41) is 3.06. The summed E-state index contributed by atoms with van der Waals surface area (Å²) >= 11 is 3.44. The average molecular weight is 491 g/mol. The highest BCUT2D eigenvalue weighted by molar-refractivity contribution is 9.10. The molecule has 2 amide bonds. The molecular weight excluding hydrogens is 463 g/mol. The number of rotatable bonds is 8. The maximum atomic E-state index is 13.3.